The number of aliphatic hydroxyl groups excluding tert-OH is 1. The lowest BCUT2D eigenvalue weighted by atomic mass is 10.4. The molecule has 0 atom stereocenters. The van der Waals surface area contributed by atoms with Crippen LogP contribution in [0.25, 0.3) is 0 Å². The average molecular weight is 102 g/mol. The SMILES string of the molecule is CC[C](O)NC=O. The van der Waals surface area contributed by atoms with Crippen LogP contribution in [0.1, 0.15) is 13.3 Å². The summed E-state index contributed by atoms with van der Waals surface area (Å²) in [5.74, 6) is 0. The topological polar surface area (TPSA) is 49.3 Å². The van der Waals surface area contributed by atoms with Crippen LogP contribution in [0.3, 0.4) is 0 Å². The minimum atomic E-state index is 0.00926. The fraction of sp³-hybridized carbons (Fsp3) is 0.500. The number of amides is 1. The standard InChI is InChI=1S/C4H8NO2/c1-2-4(7)5-3-6/h3,7H,2H2,1H3,(H,5,6). The molecule has 0 heterocycles. The monoisotopic (exact) mass is 102 g/mol. The van der Waals surface area contributed by atoms with Crippen LogP contribution in [0.15, 0.2) is 0 Å². The van der Waals surface area contributed by atoms with E-state index in [1.807, 2.05) is 0 Å². The molecule has 0 saturated heterocycles. The maximum Gasteiger partial charge on any atom is 0.209 e. The molecule has 0 bridgehead atoms. The van der Waals surface area contributed by atoms with E-state index in [9.17, 15) is 4.79 Å². The third-order valence-corrected chi connectivity index (χ3v) is 0.560. The van der Waals surface area contributed by atoms with E-state index >= 15 is 0 Å². The van der Waals surface area contributed by atoms with Crippen LogP contribution >= 0.6 is 0 Å². The third kappa shape index (κ3) is 3.26. The molecular weight excluding hydrogens is 94.0 g/mol. The van der Waals surface area contributed by atoms with E-state index in [0.717, 1.165) is 0 Å². The largest absolute Gasteiger partial charge is 0.367 e. The van der Waals surface area contributed by atoms with Gasteiger partial charge in [0, 0.05) is 0 Å². The first-order chi connectivity index (χ1) is 3.31. The second-order valence-corrected chi connectivity index (χ2v) is 1.06. The first kappa shape index (κ1) is 6.43. The van der Waals surface area contributed by atoms with Gasteiger partial charge in [-0.2, -0.15) is 0 Å². The molecule has 0 fully saturated rings. The minimum Gasteiger partial charge on any atom is -0.367 e. The summed E-state index contributed by atoms with van der Waals surface area (Å²) in [5.41, 5.74) is 0. The number of hydrogen-bond acceptors (Lipinski definition) is 2. The highest BCUT2D eigenvalue weighted by Gasteiger charge is 1.94. The molecule has 3 nitrogen and oxygen atoms in total. The average Bonchev–Trinajstić information content (AvgIpc) is 1.68. The van der Waals surface area contributed by atoms with Crippen LogP contribution in [0.4, 0.5) is 0 Å². The Labute approximate surface area is 42.3 Å². The summed E-state index contributed by atoms with van der Waals surface area (Å²) in [7, 11) is 0. The fourth-order valence-electron chi connectivity index (χ4n) is 0.170. The molecule has 0 aromatic heterocycles. The molecule has 0 aromatic carbocycles. The number of nitrogens with one attached hydrogen (secondary N) is 1. The van der Waals surface area contributed by atoms with Crippen molar-refractivity contribution in [3.63, 3.8) is 0 Å². The van der Waals surface area contributed by atoms with Crippen molar-refractivity contribution in [3.05, 3.63) is 6.23 Å². The Hall–Kier alpha value is -0.570. The van der Waals surface area contributed by atoms with Crippen LogP contribution in [-0.4, -0.2) is 11.5 Å². The Bertz CT molecular complexity index is 55.7. The van der Waals surface area contributed by atoms with Crippen molar-refractivity contribution in [2.45, 2.75) is 13.3 Å². The zero-order valence-corrected chi connectivity index (χ0v) is 4.14. The Morgan fingerprint density at radius 2 is 2.57 bits per heavy atom. The van der Waals surface area contributed by atoms with E-state index in [0.29, 0.717) is 12.8 Å². The summed E-state index contributed by atoms with van der Waals surface area (Å²) in [5, 5.41) is 10.5. The van der Waals surface area contributed by atoms with Crippen molar-refractivity contribution in [1.29, 1.82) is 0 Å². The van der Waals surface area contributed by atoms with Crippen molar-refractivity contribution < 1.29 is 9.90 Å². The summed E-state index contributed by atoms with van der Waals surface area (Å²) >= 11 is 0. The zero-order chi connectivity index (χ0) is 5.70. The van der Waals surface area contributed by atoms with E-state index in [1.54, 1.807) is 6.92 Å². The van der Waals surface area contributed by atoms with E-state index < -0.39 is 0 Å². The van der Waals surface area contributed by atoms with Gasteiger partial charge >= 0.3 is 0 Å². The zero-order valence-electron chi connectivity index (χ0n) is 4.14. The maximum absolute atomic E-state index is 9.48. The molecule has 1 radical (unpaired) electrons. The quantitative estimate of drug-likeness (QED) is 0.493. The summed E-state index contributed by atoms with van der Waals surface area (Å²) in [6.45, 7) is 1.74. The number of carbonyl (C=O) groups excluding carboxylic acids is 1. The lowest BCUT2D eigenvalue weighted by molar-refractivity contribution is -0.110. The molecule has 3 heteroatoms. The van der Waals surface area contributed by atoms with E-state index in [1.165, 1.54) is 0 Å². The van der Waals surface area contributed by atoms with Gasteiger partial charge < -0.3 is 10.4 Å². The summed E-state index contributed by atoms with van der Waals surface area (Å²) < 4.78 is 0. The Morgan fingerprint density at radius 1 is 2.00 bits per heavy atom. The van der Waals surface area contributed by atoms with Crippen LogP contribution in [0.5, 0.6) is 0 Å². The van der Waals surface area contributed by atoms with Crippen LogP contribution in [0, 0.1) is 6.23 Å². The Balaban J connectivity index is 2.98. The first-order valence-corrected chi connectivity index (χ1v) is 2.06. The van der Waals surface area contributed by atoms with Gasteiger partial charge in [-0.1, -0.05) is 6.92 Å². The number of rotatable bonds is 3. The summed E-state index contributed by atoms with van der Waals surface area (Å²) in [4.78, 5) is 9.48. The molecule has 41 valence electrons. The smallest absolute Gasteiger partial charge is 0.209 e. The second kappa shape index (κ2) is 3.61. The lowest BCUT2D eigenvalue weighted by Crippen LogP contribution is -2.16. The van der Waals surface area contributed by atoms with Crippen LogP contribution in [-0.2, 0) is 4.79 Å². The third-order valence-electron chi connectivity index (χ3n) is 0.560. The first-order valence-electron chi connectivity index (χ1n) is 2.06. The molecule has 0 unspecified atom stereocenters. The van der Waals surface area contributed by atoms with Crippen molar-refractivity contribution in [2.75, 3.05) is 0 Å². The highest BCUT2D eigenvalue weighted by atomic mass is 16.3. The molecule has 0 spiro atoms. The predicted molar refractivity (Wildman–Crippen MR) is 24.7 cm³/mol. The molecule has 0 aliphatic rings. The van der Waals surface area contributed by atoms with Crippen molar-refractivity contribution in [2.24, 2.45) is 0 Å². The van der Waals surface area contributed by atoms with Crippen LogP contribution in [0.2, 0.25) is 0 Å². The molecule has 7 heavy (non-hydrogen) atoms. The Kier molecular flexibility index (Phi) is 3.32. The molecular formula is C4H8NO2. The van der Waals surface area contributed by atoms with Crippen molar-refractivity contribution >= 4 is 6.41 Å². The lowest BCUT2D eigenvalue weighted by Gasteiger charge is -1.99. The van der Waals surface area contributed by atoms with Gasteiger partial charge in [0.2, 0.25) is 6.41 Å². The molecule has 2 N–H and O–H groups in total. The molecule has 0 aromatic rings. The van der Waals surface area contributed by atoms with Gasteiger partial charge in [0.05, 0.1) is 0 Å². The predicted octanol–water partition coefficient (Wildman–Crippen LogP) is 0.00439. The molecule has 0 aliphatic carbocycles. The summed E-state index contributed by atoms with van der Waals surface area (Å²) in [6.07, 6.45) is 0.924. The highest BCUT2D eigenvalue weighted by molar-refractivity contribution is 5.47. The van der Waals surface area contributed by atoms with Crippen LogP contribution < -0.4 is 5.32 Å². The van der Waals surface area contributed by atoms with E-state index in [2.05, 4.69) is 5.32 Å². The fourth-order valence-corrected chi connectivity index (χ4v) is 0.170. The maximum atomic E-state index is 9.48. The van der Waals surface area contributed by atoms with Gasteiger partial charge in [-0.3, -0.25) is 4.79 Å². The molecule has 0 aliphatic heterocycles. The normalized spacial score (nSPS) is 9.00. The van der Waals surface area contributed by atoms with Gasteiger partial charge in [-0.05, 0) is 6.42 Å². The van der Waals surface area contributed by atoms with Gasteiger partial charge in [0.25, 0.3) is 0 Å². The van der Waals surface area contributed by atoms with Gasteiger partial charge in [0.15, 0.2) is 6.23 Å². The molecule has 0 saturated carbocycles. The van der Waals surface area contributed by atoms with Gasteiger partial charge in [-0.15, -0.1) is 0 Å². The Morgan fingerprint density at radius 3 is 2.71 bits per heavy atom. The number of carbonyl (C=O) groups is 1. The van der Waals surface area contributed by atoms with E-state index in [-0.39, 0.29) is 6.23 Å². The summed E-state index contributed by atoms with van der Waals surface area (Å²) in [6, 6.07) is 0. The molecule has 1 amide bonds. The molecule has 0 rings (SSSR count). The number of hydrogen-bond donors (Lipinski definition) is 2. The van der Waals surface area contributed by atoms with Crippen molar-refractivity contribution in [3.8, 4) is 0 Å². The highest BCUT2D eigenvalue weighted by Crippen LogP contribution is 1.89. The van der Waals surface area contributed by atoms with Crippen molar-refractivity contribution in [1.82, 2.24) is 5.32 Å². The second-order valence-electron chi connectivity index (χ2n) is 1.06. The van der Waals surface area contributed by atoms with E-state index in [4.69, 9.17) is 5.11 Å². The minimum absolute atomic E-state index is 0.00926. The van der Waals surface area contributed by atoms with Gasteiger partial charge in [-0.25, -0.2) is 0 Å². The number of aliphatic hydroxyl groups is 1. The van der Waals surface area contributed by atoms with Gasteiger partial charge in [0.1, 0.15) is 0 Å².